The fraction of sp³-hybridized carbons (Fsp3) is 0.682. The van der Waals surface area contributed by atoms with Gasteiger partial charge in [0.15, 0.2) is 0 Å². The van der Waals surface area contributed by atoms with E-state index in [1.54, 1.807) is 19.5 Å². The maximum absolute atomic E-state index is 6.35. The molecule has 2 unspecified atom stereocenters. The second kappa shape index (κ2) is 8.70. The molecule has 1 aromatic rings. The van der Waals surface area contributed by atoms with E-state index in [0.29, 0.717) is 18.5 Å². The molecule has 6 heteroatoms. The van der Waals surface area contributed by atoms with Crippen molar-refractivity contribution in [1.82, 2.24) is 15.3 Å². The molecule has 3 heterocycles. The minimum atomic E-state index is 0.104. The molecule has 2 atom stereocenters. The molecule has 0 bridgehead atoms. The summed E-state index contributed by atoms with van der Waals surface area (Å²) in [5.74, 6) is 0.562. The number of dihydropyridines is 1. The normalized spacial score (nSPS) is 28.7. The Morgan fingerprint density at radius 2 is 2.14 bits per heavy atom. The van der Waals surface area contributed by atoms with Gasteiger partial charge in [-0.15, -0.1) is 0 Å². The highest BCUT2D eigenvalue weighted by molar-refractivity contribution is 5.72. The van der Waals surface area contributed by atoms with Crippen LogP contribution in [0.15, 0.2) is 29.5 Å². The van der Waals surface area contributed by atoms with Crippen LogP contribution in [-0.2, 0) is 11.3 Å². The Hall–Kier alpha value is -1.79. The zero-order valence-electron chi connectivity index (χ0n) is 16.9. The molecule has 3 aliphatic rings. The number of aliphatic imine (C=N–C) groups is 1. The van der Waals surface area contributed by atoms with Crippen molar-refractivity contribution in [2.24, 2.45) is 10.4 Å². The van der Waals surface area contributed by atoms with Gasteiger partial charge < -0.3 is 14.8 Å². The summed E-state index contributed by atoms with van der Waals surface area (Å²) in [5.41, 5.74) is 1.23. The van der Waals surface area contributed by atoms with Gasteiger partial charge >= 0.3 is 0 Å². The third kappa shape index (κ3) is 4.28. The summed E-state index contributed by atoms with van der Waals surface area (Å²) < 4.78 is 11.5. The van der Waals surface area contributed by atoms with Crippen LogP contribution in [0, 0.1) is 5.41 Å². The first-order valence-corrected chi connectivity index (χ1v) is 10.6. The lowest BCUT2D eigenvalue weighted by Crippen LogP contribution is -2.50. The number of ether oxygens (including phenoxy) is 2. The Bertz CT molecular complexity index is 714. The SMILES string of the molecule is COc1cncc(CNCCC2(C3CC=CC=N3)CCOC3(CCCC3)C2)n1. The average Bonchev–Trinajstić information content (AvgIpc) is 3.19. The van der Waals surface area contributed by atoms with Crippen LogP contribution in [0.25, 0.3) is 0 Å². The fourth-order valence-electron chi connectivity index (χ4n) is 5.27. The van der Waals surface area contributed by atoms with E-state index in [4.69, 9.17) is 14.5 Å². The first kappa shape index (κ1) is 19.5. The number of methoxy groups -OCH3 is 1. The third-order valence-corrected chi connectivity index (χ3v) is 6.73. The lowest BCUT2D eigenvalue weighted by Gasteiger charge is -2.49. The number of hydrogen-bond donors (Lipinski definition) is 1. The number of nitrogens with zero attached hydrogens (tertiary/aromatic N) is 3. The number of aromatic nitrogens is 2. The van der Waals surface area contributed by atoms with Gasteiger partial charge in [-0.25, -0.2) is 4.98 Å². The standard InChI is InChI=1S/C22H32N4O2/c1-27-20-16-24-15-18(26-20)14-23-12-9-21(19-6-2-5-11-25-19)10-13-28-22(17-21)7-3-4-8-22/h2,5,11,15-16,19,23H,3-4,6-10,12-14,17H2,1H3. The van der Waals surface area contributed by atoms with Crippen molar-refractivity contribution in [3.05, 3.63) is 30.2 Å². The van der Waals surface area contributed by atoms with Crippen LogP contribution >= 0.6 is 0 Å². The van der Waals surface area contributed by atoms with Gasteiger partial charge in [0.1, 0.15) is 0 Å². The molecule has 1 aliphatic carbocycles. The lowest BCUT2D eigenvalue weighted by molar-refractivity contribution is -0.130. The highest BCUT2D eigenvalue weighted by atomic mass is 16.5. The van der Waals surface area contributed by atoms with Gasteiger partial charge in [0.25, 0.3) is 0 Å². The van der Waals surface area contributed by atoms with Gasteiger partial charge in [-0.1, -0.05) is 18.9 Å². The van der Waals surface area contributed by atoms with Crippen LogP contribution in [0.4, 0.5) is 0 Å². The molecule has 1 spiro atoms. The molecule has 152 valence electrons. The zero-order chi connectivity index (χ0) is 19.3. The first-order chi connectivity index (χ1) is 13.7. The number of hydrogen-bond acceptors (Lipinski definition) is 6. The molecule has 0 amide bonds. The summed E-state index contributed by atoms with van der Waals surface area (Å²) in [6, 6.07) is 0.372. The highest BCUT2D eigenvalue weighted by Crippen LogP contribution is 2.51. The Kier molecular flexibility index (Phi) is 6.07. The minimum absolute atomic E-state index is 0.104. The molecule has 1 saturated heterocycles. The summed E-state index contributed by atoms with van der Waals surface area (Å²) in [7, 11) is 1.62. The summed E-state index contributed by atoms with van der Waals surface area (Å²) >= 11 is 0. The van der Waals surface area contributed by atoms with Gasteiger partial charge in [0, 0.05) is 25.6 Å². The monoisotopic (exact) mass is 384 g/mol. The molecule has 28 heavy (non-hydrogen) atoms. The van der Waals surface area contributed by atoms with Crippen molar-refractivity contribution in [2.75, 3.05) is 20.3 Å². The third-order valence-electron chi connectivity index (χ3n) is 6.73. The van der Waals surface area contributed by atoms with Crippen LogP contribution in [0.1, 0.15) is 57.1 Å². The van der Waals surface area contributed by atoms with E-state index >= 15 is 0 Å². The summed E-state index contributed by atoms with van der Waals surface area (Å²) in [6.45, 7) is 2.53. The van der Waals surface area contributed by atoms with E-state index in [0.717, 1.165) is 44.5 Å². The van der Waals surface area contributed by atoms with E-state index < -0.39 is 0 Å². The van der Waals surface area contributed by atoms with Crippen molar-refractivity contribution < 1.29 is 9.47 Å². The molecular weight excluding hydrogens is 352 g/mol. The molecule has 1 saturated carbocycles. The molecule has 2 aliphatic heterocycles. The van der Waals surface area contributed by atoms with Crippen LogP contribution in [0.3, 0.4) is 0 Å². The van der Waals surface area contributed by atoms with Crippen molar-refractivity contribution >= 4 is 6.21 Å². The van der Waals surface area contributed by atoms with Crippen LogP contribution in [0.2, 0.25) is 0 Å². The zero-order valence-corrected chi connectivity index (χ0v) is 16.9. The van der Waals surface area contributed by atoms with E-state index in [-0.39, 0.29) is 11.0 Å². The Morgan fingerprint density at radius 3 is 2.93 bits per heavy atom. The molecule has 2 fully saturated rings. The van der Waals surface area contributed by atoms with E-state index in [1.165, 1.54) is 25.7 Å². The van der Waals surface area contributed by atoms with Gasteiger partial charge in [0.05, 0.1) is 30.6 Å². The van der Waals surface area contributed by atoms with Crippen LogP contribution < -0.4 is 10.1 Å². The Labute approximate surface area is 167 Å². The molecule has 1 aromatic heterocycles. The van der Waals surface area contributed by atoms with Crippen molar-refractivity contribution in [1.29, 1.82) is 0 Å². The Morgan fingerprint density at radius 1 is 1.25 bits per heavy atom. The molecule has 0 radical (unpaired) electrons. The summed E-state index contributed by atoms with van der Waals surface area (Å²) in [4.78, 5) is 13.5. The van der Waals surface area contributed by atoms with E-state index in [1.807, 2.05) is 6.21 Å². The molecule has 1 N–H and O–H groups in total. The second-order valence-electron chi connectivity index (χ2n) is 8.49. The maximum atomic E-state index is 6.35. The van der Waals surface area contributed by atoms with E-state index in [9.17, 15) is 0 Å². The van der Waals surface area contributed by atoms with Crippen molar-refractivity contribution in [2.45, 2.75) is 69.6 Å². The number of nitrogens with one attached hydrogen (secondary N) is 1. The smallest absolute Gasteiger partial charge is 0.232 e. The molecular formula is C22H32N4O2. The van der Waals surface area contributed by atoms with Gasteiger partial charge in [-0.3, -0.25) is 9.98 Å². The summed E-state index contributed by atoms with van der Waals surface area (Å²) in [6.07, 6.45) is 19.2. The van der Waals surface area contributed by atoms with Crippen LogP contribution in [-0.4, -0.2) is 48.1 Å². The van der Waals surface area contributed by atoms with Gasteiger partial charge in [-0.2, -0.15) is 0 Å². The van der Waals surface area contributed by atoms with Crippen molar-refractivity contribution in [3.63, 3.8) is 0 Å². The minimum Gasteiger partial charge on any atom is -0.480 e. The van der Waals surface area contributed by atoms with Gasteiger partial charge in [-0.05, 0) is 56.6 Å². The van der Waals surface area contributed by atoms with Gasteiger partial charge in [0.2, 0.25) is 5.88 Å². The maximum Gasteiger partial charge on any atom is 0.232 e. The largest absolute Gasteiger partial charge is 0.480 e. The second-order valence-corrected chi connectivity index (χ2v) is 8.49. The molecule has 4 rings (SSSR count). The summed E-state index contributed by atoms with van der Waals surface area (Å²) in [5, 5.41) is 3.57. The fourth-order valence-corrected chi connectivity index (χ4v) is 5.27. The lowest BCUT2D eigenvalue weighted by atomic mass is 9.65. The van der Waals surface area contributed by atoms with Crippen molar-refractivity contribution in [3.8, 4) is 5.88 Å². The van der Waals surface area contributed by atoms with E-state index in [2.05, 4.69) is 27.4 Å². The molecule has 0 aromatic carbocycles. The number of rotatable bonds is 7. The number of allylic oxidation sites excluding steroid dienone is 1. The average molecular weight is 385 g/mol. The quantitative estimate of drug-likeness (QED) is 0.729. The predicted octanol–water partition coefficient (Wildman–Crippen LogP) is 3.47. The predicted molar refractivity (Wildman–Crippen MR) is 110 cm³/mol. The first-order valence-electron chi connectivity index (χ1n) is 10.6. The van der Waals surface area contributed by atoms with Crippen LogP contribution in [0.5, 0.6) is 5.88 Å². The highest BCUT2D eigenvalue weighted by Gasteiger charge is 2.50. The molecule has 6 nitrogen and oxygen atoms in total. The Balaban J connectivity index is 1.41. The topological polar surface area (TPSA) is 68.6 Å².